The van der Waals surface area contributed by atoms with E-state index in [1.54, 1.807) is 11.3 Å². The highest BCUT2D eigenvalue weighted by molar-refractivity contribution is 7.91. The molecule has 0 spiro atoms. The van der Waals surface area contributed by atoms with E-state index in [0.29, 0.717) is 19.6 Å². The first-order valence-corrected chi connectivity index (χ1v) is 10.1. The van der Waals surface area contributed by atoms with Crippen LogP contribution in [-0.2, 0) is 14.6 Å². The number of carbonyl (C=O) groups is 1. The summed E-state index contributed by atoms with van der Waals surface area (Å²) in [4.78, 5) is 16.4. The zero-order valence-electron chi connectivity index (χ0n) is 11.9. The maximum absolute atomic E-state index is 12.5. The molecule has 0 aromatic carbocycles. The lowest BCUT2D eigenvalue weighted by atomic mass is 10.1. The van der Waals surface area contributed by atoms with Crippen molar-refractivity contribution in [2.24, 2.45) is 0 Å². The van der Waals surface area contributed by atoms with Crippen LogP contribution in [0.25, 0.3) is 0 Å². The molecule has 0 unspecified atom stereocenters. The summed E-state index contributed by atoms with van der Waals surface area (Å²) in [6, 6.07) is 2.30. The van der Waals surface area contributed by atoms with Gasteiger partial charge in [-0.2, -0.15) is 11.3 Å². The third-order valence-electron chi connectivity index (χ3n) is 4.30. The van der Waals surface area contributed by atoms with Gasteiger partial charge in [-0.25, -0.2) is 8.42 Å². The van der Waals surface area contributed by atoms with Crippen LogP contribution in [0.3, 0.4) is 0 Å². The highest BCUT2D eigenvalue weighted by atomic mass is 32.2. The van der Waals surface area contributed by atoms with Gasteiger partial charge in [0.25, 0.3) is 0 Å². The number of hydrogen-bond donors (Lipinski definition) is 0. The van der Waals surface area contributed by atoms with Crippen LogP contribution >= 0.6 is 11.3 Å². The predicted molar refractivity (Wildman–Crippen MR) is 83.1 cm³/mol. The Balaban J connectivity index is 1.60. The monoisotopic (exact) mass is 328 g/mol. The number of hydrogen-bond acceptors (Lipinski definition) is 5. The van der Waals surface area contributed by atoms with Gasteiger partial charge in [-0.15, -0.1) is 0 Å². The summed E-state index contributed by atoms with van der Waals surface area (Å²) in [6.45, 7) is 2.11. The first kappa shape index (κ1) is 15.0. The second-order valence-electron chi connectivity index (χ2n) is 5.73. The second kappa shape index (κ2) is 6.06. The molecule has 0 aliphatic carbocycles. The molecule has 0 saturated carbocycles. The number of rotatable bonds is 3. The van der Waals surface area contributed by atoms with Crippen LogP contribution < -0.4 is 0 Å². The molecule has 1 aromatic rings. The minimum atomic E-state index is -2.88. The van der Waals surface area contributed by atoms with E-state index in [1.807, 2.05) is 15.2 Å². The number of amides is 1. The molecule has 7 heteroatoms. The van der Waals surface area contributed by atoms with E-state index in [0.717, 1.165) is 19.4 Å². The van der Waals surface area contributed by atoms with Crippen molar-refractivity contribution < 1.29 is 13.2 Å². The SMILES string of the molecule is O=C(CN1CCS(=O)(=O)CC1)N1CCC[C@@H]1c1ccsc1. The van der Waals surface area contributed by atoms with Gasteiger partial charge in [0.15, 0.2) is 9.84 Å². The molecular weight excluding hydrogens is 308 g/mol. The van der Waals surface area contributed by atoms with Crippen molar-refractivity contribution in [3.05, 3.63) is 22.4 Å². The number of carbonyl (C=O) groups excluding carboxylic acids is 1. The Morgan fingerprint density at radius 2 is 2.05 bits per heavy atom. The standard InChI is InChI=1S/C14H20N2O3S2/c17-14(10-15-5-8-21(18,19)9-6-15)16-4-1-2-13(16)12-3-7-20-11-12/h3,7,11,13H,1-2,4-6,8-10H2/t13-/m1/s1. The molecule has 2 aliphatic heterocycles. The maximum atomic E-state index is 12.5. The van der Waals surface area contributed by atoms with Crippen LogP contribution in [-0.4, -0.2) is 61.8 Å². The van der Waals surface area contributed by atoms with E-state index in [2.05, 4.69) is 11.4 Å². The zero-order valence-corrected chi connectivity index (χ0v) is 13.5. The Hall–Kier alpha value is -0.920. The molecular formula is C14H20N2O3S2. The van der Waals surface area contributed by atoms with Crippen molar-refractivity contribution in [1.82, 2.24) is 9.80 Å². The van der Waals surface area contributed by atoms with Crippen LogP contribution in [0.1, 0.15) is 24.4 Å². The first-order valence-electron chi connectivity index (χ1n) is 7.29. The first-order chi connectivity index (χ1) is 10.1. The summed E-state index contributed by atoms with van der Waals surface area (Å²) in [5.74, 6) is 0.477. The highest BCUT2D eigenvalue weighted by Gasteiger charge is 2.32. The maximum Gasteiger partial charge on any atom is 0.237 e. The molecule has 3 rings (SSSR count). The summed E-state index contributed by atoms with van der Waals surface area (Å²) in [5.41, 5.74) is 1.23. The number of likely N-dealkylation sites (tertiary alicyclic amines) is 1. The second-order valence-corrected chi connectivity index (χ2v) is 8.81. The Labute approximate surface area is 129 Å². The molecule has 1 atom stereocenters. The van der Waals surface area contributed by atoms with Crippen molar-refractivity contribution in [1.29, 1.82) is 0 Å². The fourth-order valence-electron chi connectivity index (χ4n) is 3.07. The quantitative estimate of drug-likeness (QED) is 0.835. The largest absolute Gasteiger partial charge is 0.335 e. The predicted octanol–water partition coefficient (Wildman–Crippen LogP) is 1.14. The molecule has 1 amide bonds. The lowest BCUT2D eigenvalue weighted by Crippen LogP contribution is -2.46. The van der Waals surface area contributed by atoms with Gasteiger partial charge in [0.2, 0.25) is 5.91 Å². The van der Waals surface area contributed by atoms with Crippen molar-refractivity contribution in [2.45, 2.75) is 18.9 Å². The van der Waals surface area contributed by atoms with E-state index in [4.69, 9.17) is 0 Å². The zero-order chi connectivity index (χ0) is 14.9. The van der Waals surface area contributed by atoms with Crippen molar-refractivity contribution in [3.8, 4) is 0 Å². The van der Waals surface area contributed by atoms with Gasteiger partial charge >= 0.3 is 0 Å². The smallest absolute Gasteiger partial charge is 0.237 e. The summed E-state index contributed by atoms with van der Waals surface area (Å²) in [5, 5.41) is 4.16. The van der Waals surface area contributed by atoms with Gasteiger partial charge < -0.3 is 4.90 Å². The van der Waals surface area contributed by atoms with Gasteiger partial charge in [0.05, 0.1) is 24.1 Å². The lowest BCUT2D eigenvalue weighted by Gasteiger charge is -2.30. The van der Waals surface area contributed by atoms with Gasteiger partial charge in [0, 0.05) is 19.6 Å². The Bertz CT molecular complexity index is 584. The normalized spacial score (nSPS) is 26.1. The highest BCUT2D eigenvalue weighted by Crippen LogP contribution is 2.33. The van der Waals surface area contributed by atoms with Crippen molar-refractivity contribution >= 4 is 27.1 Å². The number of sulfone groups is 1. The van der Waals surface area contributed by atoms with E-state index in [-0.39, 0.29) is 23.5 Å². The minimum absolute atomic E-state index is 0.128. The van der Waals surface area contributed by atoms with Crippen LogP contribution in [0.4, 0.5) is 0 Å². The Morgan fingerprint density at radius 3 is 2.71 bits per heavy atom. The molecule has 21 heavy (non-hydrogen) atoms. The van der Waals surface area contributed by atoms with Gasteiger partial charge in [-0.05, 0) is 35.2 Å². The third kappa shape index (κ3) is 3.46. The molecule has 1 aromatic heterocycles. The minimum Gasteiger partial charge on any atom is -0.335 e. The van der Waals surface area contributed by atoms with E-state index >= 15 is 0 Å². The van der Waals surface area contributed by atoms with Gasteiger partial charge in [-0.3, -0.25) is 9.69 Å². The molecule has 3 heterocycles. The Morgan fingerprint density at radius 1 is 1.29 bits per heavy atom. The topological polar surface area (TPSA) is 57.7 Å². The molecule has 2 aliphatic rings. The van der Waals surface area contributed by atoms with Crippen molar-refractivity contribution in [3.63, 3.8) is 0 Å². The fourth-order valence-corrected chi connectivity index (χ4v) is 5.05. The average molecular weight is 328 g/mol. The molecule has 0 N–H and O–H groups in total. The number of nitrogens with zero attached hydrogens (tertiary/aromatic N) is 2. The van der Waals surface area contributed by atoms with Crippen LogP contribution in [0.15, 0.2) is 16.8 Å². The summed E-state index contributed by atoms with van der Waals surface area (Å²) in [6.07, 6.45) is 2.07. The molecule has 116 valence electrons. The van der Waals surface area contributed by atoms with Crippen LogP contribution in [0.2, 0.25) is 0 Å². The molecule has 2 fully saturated rings. The van der Waals surface area contributed by atoms with Gasteiger partial charge in [-0.1, -0.05) is 0 Å². The molecule has 5 nitrogen and oxygen atoms in total. The number of thiophene rings is 1. The Kier molecular flexibility index (Phi) is 4.33. The average Bonchev–Trinajstić information content (AvgIpc) is 3.10. The lowest BCUT2D eigenvalue weighted by molar-refractivity contribution is -0.133. The molecule has 2 saturated heterocycles. The summed E-state index contributed by atoms with van der Waals surface area (Å²) >= 11 is 1.66. The summed E-state index contributed by atoms with van der Waals surface area (Å²) in [7, 11) is -2.88. The van der Waals surface area contributed by atoms with E-state index < -0.39 is 9.84 Å². The van der Waals surface area contributed by atoms with Crippen molar-refractivity contribution in [2.75, 3.05) is 37.7 Å². The molecule has 0 radical (unpaired) electrons. The van der Waals surface area contributed by atoms with Crippen LogP contribution in [0, 0.1) is 0 Å². The third-order valence-corrected chi connectivity index (χ3v) is 6.61. The molecule has 0 bridgehead atoms. The van der Waals surface area contributed by atoms with E-state index in [9.17, 15) is 13.2 Å². The fraction of sp³-hybridized carbons (Fsp3) is 0.643. The van der Waals surface area contributed by atoms with Gasteiger partial charge in [0.1, 0.15) is 0 Å². The van der Waals surface area contributed by atoms with Crippen LogP contribution in [0.5, 0.6) is 0 Å². The summed E-state index contributed by atoms with van der Waals surface area (Å²) < 4.78 is 22.8. The van der Waals surface area contributed by atoms with E-state index in [1.165, 1.54) is 5.56 Å².